The second-order valence-corrected chi connectivity index (χ2v) is 7.09. The van der Waals surface area contributed by atoms with Crippen LogP contribution in [0.2, 0.25) is 0 Å². The summed E-state index contributed by atoms with van der Waals surface area (Å²) >= 11 is 0. The lowest BCUT2D eigenvalue weighted by molar-refractivity contribution is 0.348. The Labute approximate surface area is 126 Å². The van der Waals surface area contributed by atoms with E-state index >= 15 is 0 Å². The van der Waals surface area contributed by atoms with Crippen LogP contribution in [0.25, 0.3) is 0 Å². The third-order valence-corrected chi connectivity index (χ3v) is 5.28. The molecule has 2 rings (SSSR count). The lowest BCUT2D eigenvalue weighted by Crippen LogP contribution is -2.36. The summed E-state index contributed by atoms with van der Waals surface area (Å²) in [6, 6.07) is 15.6. The van der Waals surface area contributed by atoms with Gasteiger partial charge in [-0.15, -0.1) is 0 Å². The summed E-state index contributed by atoms with van der Waals surface area (Å²) in [6.07, 6.45) is 0. The van der Waals surface area contributed by atoms with Gasteiger partial charge in [-0.05, 0) is 43.7 Å². The van der Waals surface area contributed by atoms with Crippen molar-refractivity contribution in [1.29, 1.82) is 0 Å². The van der Waals surface area contributed by atoms with E-state index < -0.39 is 10.0 Å². The fourth-order valence-electron chi connectivity index (χ4n) is 2.08. The van der Waals surface area contributed by atoms with Gasteiger partial charge in [-0.2, -0.15) is 4.31 Å². The molecule has 0 fully saturated rings. The molecule has 0 heterocycles. The molecule has 112 valence electrons. The van der Waals surface area contributed by atoms with Crippen LogP contribution in [0, 0.1) is 0 Å². The molecule has 0 unspecified atom stereocenters. The SMILES string of the molecule is CC(C)N(Cc1ccc(N)cc1)S(=O)(=O)c1ccccc1. The van der Waals surface area contributed by atoms with Gasteiger partial charge in [0.2, 0.25) is 10.0 Å². The molecule has 0 aromatic heterocycles. The lowest BCUT2D eigenvalue weighted by atomic mass is 10.2. The van der Waals surface area contributed by atoms with Gasteiger partial charge in [0.15, 0.2) is 0 Å². The summed E-state index contributed by atoms with van der Waals surface area (Å²) in [5, 5.41) is 0. The van der Waals surface area contributed by atoms with E-state index in [1.54, 1.807) is 42.5 Å². The van der Waals surface area contributed by atoms with Crippen molar-refractivity contribution in [3.8, 4) is 0 Å². The Hall–Kier alpha value is -1.85. The summed E-state index contributed by atoms with van der Waals surface area (Å²) in [4.78, 5) is 0.314. The average molecular weight is 304 g/mol. The molecule has 0 saturated heterocycles. The number of anilines is 1. The zero-order valence-corrected chi connectivity index (χ0v) is 13.0. The molecule has 21 heavy (non-hydrogen) atoms. The first-order valence-corrected chi connectivity index (χ1v) is 8.26. The molecule has 0 atom stereocenters. The van der Waals surface area contributed by atoms with Crippen molar-refractivity contribution in [2.45, 2.75) is 31.3 Å². The Morgan fingerprint density at radius 1 is 1.00 bits per heavy atom. The first-order valence-electron chi connectivity index (χ1n) is 6.82. The van der Waals surface area contributed by atoms with Crippen molar-refractivity contribution >= 4 is 15.7 Å². The smallest absolute Gasteiger partial charge is 0.243 e. The maximum Gasteiger partial charge on any atom is 0.243 e. The predicted octanol–water partition coefficient (Wildman–Crippen LogP) is 2.87. The van der Waals surface area contributed by atoms with Crippen molar-refractivity contribution in [1.82, 2.24) is 4.31 Å². The third kappa shape index (κ3) is 3.62. The van der Waals surface area contributed by atoms with E-state index in [0.29, 0.717) is 17.1 Å². The molecule has 4 nitrogen and oxygen atoms in total. The molecule has 0 aliphatic carbocycles. The van der Waals surface area contributed by atoms with E-state index in [9.17, 15) is 8.42 Å². The van der Waals surface area contributed by atoms with Crippen molar-refractivity contribution in [2.75, 3.05) is 5.73 Å². The minimum Gasteiger partial charge on any atom is -0.399 e. The zero-order chi connectivity index (χ0) is 15.5. The highest BCUT2D eigenvalue weighted by molar-refractivity contribution is 7.89. The van der Waals surface area contributed by atoms with Crippen LogP contribution in [0.15, 0.2) is 59.5 Å². The van der Waals surface area contributed by atoms with Crippen LogP contribution < -0.4 is 5.73 Å². The van der Waals surface area contributed by atoms with Gasteiger partial charge in [-0.25, -0.2) is 8.42 Å². The van der Waals surface area contributed by atoms with Gasteiger partial charge in [-0.1, -0.05) is 30.3 Å². The molecule has 0 aliphatic heterocycles. The molecule has 0 saturated carbocycles. The highest BCUT2D eigenvalue weighted by atomic mass is 32.2. The van der Waals surface area contributed by atoms with E-state index in [1.165, 1.54) is 4.31 Å². The van der Waals surface area contributed by atoms with E-state index in [-0.39, 0.29) is 6.04 Å². The largest absolute Gasteiger partial charge is 0.399 e. The van der Waals surface area contributed by atoms with Crippen LogP contribution in [-0.2, 0) is 16.6 Å². The van der Waals surface area contributed by atoms with Gasteiger partial charge >= 0.3 is 0 Å². The van der Waals surface area contributed by atoms with Gasteiger partial charge < -0.3 is 5.73 Å². The Bertz CT molecular complexity index is 680. The highest BCUT2D eigenvalue weighted by Gasteiger charge is 2.26. The second kappa shape index (κ2) is 6.28. The van der Waals surface area contributed by atoms with Crippen molar-refractivity contribution in [3.63, 3.8) is 0 Å². The lowest BCUT2D eigenvalue weighted by Gasteiger charge is -2.26. The quantitative estimate of drug-likeness (QED) is 0.864. The standard InChI is InChI=1S/C16H20N2O2S/c1-13(2)18(12-14-8-10-15(17)11-9-14)21(19,20)16-6-4-3-5-7-16/h3-11,13H,12,17H2,1-2H3. The highest BCUT2D eigenvalue weighted by Crippen LogP contribution is 2.21. The molecule has 0 amide bonds. The summed E-state index contributed by atoms with van der Waals surface area (Å²) < 4.78 is 27.0. The predicted molar refractivity (Wildman–Crippen MR) is 85.2 cm³/mol. The average Bonchev–Trinajstić information content (AvgIpc) is 2.47. The molecule has 2 aromatic carbocycles. The minimum absolute atomic E-state index is 0.132. The van der Waals surface area contributed by atoms with Crippen LogP contribution in [0.5, 0.6) is 0 Å². The molecule has 0 aliphatic rings. The van der Waals surface area contributed by atoms with Gasteiger partial charge in [0, 0.05) is 18.3 Å². The zero-order valence-electron chi connectivity index (χ0n) is 12.2. The Balaban J connectivity index is 2.33. The third-order valence-electron chi connectivity index (χ3n) is 3.24. The number of nitrogens with zero attached hydrogens (tertiary/aromatic N) is 1. The van der Waals surface area contributed by atoms with E-state index in [4.69, 9.17) is 5.73 Å². The van der Waals surface area contributed by atoms with Crippen molar-refractivity contribution < 1.29 is 8.42 Å². The molecule has 0 bridgehead atoms. The fourth-order valence-corrected chi connectivity index (χ4v) is 3.72. The Morgan fingerprint density at radius 2 is 1.57 bits per heavy atom. The number of hydrogen-bond acceptors (Lipinski definition) is 3. The summed E-state index contributed by atoms with van der Waals surface area (Å²) in [6.45, 7) is 4.07. The van der Waals surface area contributed by atoms with Crippen molar-refractivity contribution in [2.24, 2.45) is 0 Å². The Kier molecular flexibility index (Phi) is 4.65. The van der Waals surface area contributed by atoms with E-state index in [2.05, 4.69) is 0 Å². The van der Waals surface area contributed by atoms with Gasteiger partial charge in [0.05, 0.1) is 4.90 Å². The molecular weight excluding hydrogens is 284 g/mol. The molecule has 0 spiro atoms. The first-order chi connectivity index (χ1) is 9.91. The summed E-state index contributed by atoms with van der Waals surface area (Å²) in [7, 11) is -3.51. The van der Waals surface area contributed by atoms with Crippen LogP contribution in [0.3, 0.4) is 0 Å². The van der Waals surface area contributed by atoms with E-state index in [0.717, 1.165) is 5.56 Å². The van der Waals surface area contributed by atoms with E-state index in [1.807, 2.05) is 26.0 Å². The number of rotatable bonds is 5. The topological polar surface area (TPSA) is 63.4 Å². The maximum atomic E-state index is 12.7. The number of sulfonamides is 1. The van der Waals surface area contributed by atoms with Crippen LogP contribution in [-0.4, -0.2) is 18.8 Å². The minimum atomic E-state index is -3.51. The van der Waals surface area contributed by atoms with Gasteiger partial charge in [0.25, 0.3) is 0 Å². The van der Waals surface area contributed by atoms with Gasteiger partial charge in [0.1, 0.15) is 0 Å². The summed E-state index contributed by atoms with van der Waals surface area (Å²) in [5.74, 6) is 0. The van der Waals surface area contributed by atoms with Gasteiger partial charge in [-0.3, -0.25) is 0 Å². The molecule has 5 heteroatoms. The molecule has 2 N–H and O–H groups in total. The summed E-state index contributed by atoms with van der Waals surface area (Å²) in [5.41, 5.74) is 7.24. The second-order valence-electron chi connectivity index (χ2n) is 5.20. The van der Waals surface area contributed by atoms with Crippen LogP contribution >= 0.6 is 0 Å². The number of benzene rings is 2. The molecular formula is C16H20N2O2S. The molecule has 0 radical (unpaired) electrons. The van der Waals surface area contributed by atoms with Crippen LogP contribution in [0.1, 0.15) is 19.4 Å². The first kappa shape index (κ1) is 15.5. The van der Waals surface area contributed by atoms with Crippen LogP contribution in [0.4, 0.5) is 5.69 Å². The number of nitrogens with two attached hydrogens (primary N) is 1. The Morgan fingerprint density at radius 3 is 2.10 bits per heavy atom. The fraction of sp³-hybridized carbons (Fsp3) is 0.250. The van der Waals surface area contributed by atoms with Crippen molar-refractivity contribution in [3.05, 3.63) is 60.2 Å². The molecule has 2 aromatic rings. The number of hydrogen-bond donors (Lipinski definition) is 1. The normalized spacial score (nSPS) is 12.0. The number of nitrogen functional groups attached to an aromatic ring is 1. The maximum absolute atomic E-state index is 12.7. The monoisotopic (exact) mass is 304 g/mol.